The second-order valence-electron chi connectivity index (χ2n) is 4.68. The van der Waals surface area contributed by atoms with Crippen LogP contribution in [0.2, 0.25) is 0 Å². The summed E-state index contributed by atoms with van der Waals surface area (Å²) in [4.78, 5) is 4.25. The summed E-state index contributed by atoms with van der Waals surface area (Å²) in [5, 5.41) is 10.4. The lowest BCUT2D eigenvalue weighted by Gasteiger charge is -2.18. The predicted molar refractivity (Wildman–Crippen MR) is 69.5 cm³/mol. The van der Waals surface area contributed by atoms with Crippen LogP contribution >= 0.6 is 0 Å². The Kier molecular flexibility index (Phi) is 2.84. The maximum atomic E-state index is 13.4. The Morgan fingerprint density at radius 1 is 1.28 bits per heavy atom. The predicted octanol–water partition coefficient (Wildman–Crippen LogP) is 3.30. The Hall–Kier alpha value is -1.74. The van der Waals surface area contributed by atoms with Crippen LogP contribution in [0.15, 0.2) is 36.5 Å². The van der Waals surface area contributed by atoms with E-state index in [-0.39, 0.29) is 11.9 Å². The highest BCUT2D eigenvalue weighted by Crippen LogP contribution is 2.31. The van der Waals surface area contributed by atoms with Crippen LogP contribution in [0.3, 0.4) is 0 Å². The van der Waals surface area contributed by atoms with Crippen molar-refractivity contribution in [1.29, 1.82) is 0 Å². The van der Waals surface area contributed by atoms with Crippen molar-refractivity contribution in [3.05, 3.63) is 47.9 Å². The van der Waals surface area contributed by atoms with Crippen molar-refractivity contribution in [2.45, 2.75) is 25.4 Å². The van der Waals surface area contributed by atoms with Crippen LogP contribution in [0.25, 0.3) is 16.5 Å². The molecule has 0 saturated heterocycles. The molecule has 1 aliphatic rings. The lowest BCUT2D eigenvalue weighted by Crippen LogP contribution is -2.09. The van der Waals surface area contributed by atoms with Gasteiger partial charge in [-0.3, -0.25) is 4.98 Å². The fourth-order valence-corrected chi connectivity index (χ4v) is 2.46. The number of fused-ring (bicyclic) bond motifs is 1. The van der Waals surface area contributed by atoms with Crippen molar-refractivity contribution < 1.29 is 9.50 Å². The van der Waals surface area contributed by atoms with Crippen molar-refractivity contribution in [1.82, 2.24) is 4.98 Å². The molecule has 0 bridgehead atoms. The number of pyridine rings is 1. The molecule has 1 aromatic heterocycles. The van der Waals surface area contributed by atoms with Gasteiger partial charge in [0.2, 0.25) is 0 Å². The molecule has 1 aliphatic carbocycles. The molecule has 0 saturated carbocycles. The van der Waals surface area contributed by atoms with Gasteiger partial charge in [0.05, 0.1) is 11.6 Å². The van der Waals surface area contributed by atoms with Gasteiger partial charge in [0, 0.05) is 11.6 Å². The minimum atomic E-state index is -0.242. The number of halogens is 1. The number of nitrogens with zero attached hydrogens (tertiary/aromatic N) is 1. The normalized spacial score (nSPS) is 19.9. The molecule has 0 unspecified atom stereocenters. The van der Waals surface area contributed by atoms with Crippen LogP contribution in [0.4, 0.5) is 4.39 Å². The number of aliphatic hydroxyl groups excluding tert-OH is 1. The Bertz CT molecular complexity index is 621. The molecule has 0 radical (unpaired) electrons. The average molecular weight is 243 g/mol. The number of hydrogen-bond donors (Lipinski definition) is 1. The van der Waals surface area contributed by atoms with Crippen molar-refractivity contribution in [2.75, 3.05) is 0 Å². The number of hydrogen-bond acceptors (Lipinski definition) is 2. The van der Waals surface area contributed by atoms with E-state index in [1.54, 1.807) is 12.3 Å². The maximum absolute atomic E-state index is 13.4. The zero-order chi connectivity index (χ0) is 12.5. The van der Waals surface area contributed by atoms with E-state index in [2.05, 4.69) is 4.98 Å². The lowest BCUT2D eigenvalue weighted by molar-refractivity contribution is 0.166. The molecule has 1 N–H and O–H groups in total. The molecule has 0 fully saturated rings. The van der Waals surface area contributed by atoms with E-state index in [0.29, 0.717) is 6.42 Å². The Morgan fingerprint density at radius 3 is 2.94 bits per heavy atom. The van der Waals surface area contributed by atoms with E-state index in [4.69, 9.17) is 0 Å². The molecule has 0 spiro atoms. The van der Waals surface area contributed by atoms with Crippen molar-refractivity contribution in [3.63, 3.8) is 0 Å². The highest BCUT2D eigenvalue weighted by molar-refractivity contribution is 5.91. The molecule has 3 rings (SSSR count). The number of aliphatic hydroxyl groups is 1. The third-order valence-corrected chi connectivity index (χ3v) is 3.43. The minimum absolute atomic E-state index is 0.237. The smallest absolute Gasteiger partial charge is 0.123 e. The lowest BCUT2D eigenvalue weighted by atomic mass is 9.90. The number of allylic oxidation sites excluding steroid dienone is 1. The molecule has 18 heavy (non-hydrogen) atoms. The molecule has 2 aromatic rings. The summed E-state index contributed by atoms with van der Waals surface area (Å²) in [5.74, 6) is -0.242. The second kappa shape index (κ2) is 4.50. The first-order valence-corrected chi connectivity index (χ1v) is 6.16. The first kappa shape index (κ1) is 11.4. The first-order chi connectivity index (χ1) is 8.74. The second-order valence-corrected chi connectivity index (χ2v) is 4.68. The van der Waals surface area contributed by atoms with E-state index in [1.165, 1.54) is 17.7 Å². The van der Waals surface area contributed by atoms with Gasteiger partial charge in [0.15, 0.2) is 0 Å². The van der Waals surface area contributed by atoms with E-state index in [0.717, 1.165) is 29.3 Å². The SMILES string of the molecule is O[C@@H]1CC=C(c2ccnc3ccc(F)cc23)CC1. The largest absolute Gasteiger partial charge is 0.393 e. The molecule has 0 amide bonds. The molecule has 1 atom stereocenters. The van der Waals surface area contributed by atoms with E-state index < -0.39 is 0 Å². The number of benzene rings is 1. The van der Waals surface area contributed by atoms with Crippen molar-refractivity contribution in [3.8, 4) is 0 Å². The van der Waals surface area contributed by atoms with Gasteiger partial charge in [-0.25, -0.2) is 4.39 Å². The monoisotopic (exact) mass is 243 g/mol. The highest BCUT2D eigenvalue weighted by Gasteiger charge is 2.14. The van der Waals surface area contributed by atoms with Crippen LogP contribution in [0, 0.1) is 5.82 Å². The van der Waals surface area contributed by atoms with Crippen LogP contribution in [0.1, 0.15) is 24.8 Å². The van der Waals surface area contributed by atoms with Gasteiger partial charge in [-0.15, -0.1) is 0 Å². The Balaban J connectivity index is 2.14. The molecular weight excluding hydrogens is 229 g/mol. The topological polar surface area (TPSA) is 33.1 Å². The third kappa shape index (κ3) is 2.02. The molecule has 1 aromatic carbocycles. The van der Waals surface area contributed by atoms with Crippen molar-refractivity contribution >= 4 is 16.5 Å². The molecule has 3 heteroatoms. The van der Waals surface area contributed by atoms with Gasteiger partial charge in [0.25, 0.3) is 0 Å². The summed E-state index contributed by atoms with van der Waals surface area (Å²) in [7, 11) is 0. The average Bonchev–Trinajstić information content (AvgIpc) is 2.39. The first-order valence-electron chi connectivity index (χ1n) is 6.16. The zero-order valence-electron chi connectivity index (χ0n) is 9.94. The Morgan fingerprint density at radius 2 is 2.17 bits per heavy atom. The quantitative estimate of drug-likeness (QED) is 0.833. The molecule has 92 valence electrons. The highest BCUT2D eigenvalue weighted by atomic mass is 19.1. The summed E-state index contributed by atoms with van der Waals surface area (Å²) in [6, 6.07) is 6.58. The number of rotatable bonds is 1. The summed E-state index contributed by atoms with van der Waals surface area (Å²) in [6.45, 7) is 0. The summed E-state index contributed by atoms with van der Waals surface area (Å²) in [6.07, 6.45) is 5.84. The van der Waals surface area contributed by atoms with E-state index in [9.17, 15) is 9.50 Å². The number of aromatic nitrogens is 1. The van der Waals surface area contributed by atoms with Gasteiger partial charge in [0.1, 0.15) is 5.82 Å². The van der Waals surface area contributed by atoms with Crippen LogP contribution in [-0.2, 0) is 0 Å². The van der Waals surface area contributed by atoms with E-state index >= 15 is 0 Å². The molecule has 1 heterocycles. The van der Waals surface area contributed by atoms with Gasteiger partial charge in [-0.2, -0.15) is 0 Å². The standard InChI is InChI=1S/C15H14FNO/c16-11-3-6-15-14(9-11)13(7-8-17-15)10-1-4-12(18)5-2-10/h1,3,6-9,12,18H,2,4-5H2/t12-/m1/s1. The zero-order valence-corrected chi connectivity index (χ0v) is 9.94. The van der Waals surface area contributed by atoms with Gasteiger partial charge in [-0.05, 0) is 54.7 Å². The third-order valence-electron chi connectivity index (χ3n) is 3.43. The van der Waals surface area contributed by atoms with Crippen LogP contribution in [-0.4, -0.2) is 16.2 Å². The summed E-state index contributed by atoms with van der Waals surface area (Å²) in [5.41, 5.74) is 3.02. The van der Waals surface area contributed by atoms with Crippen molar-refractivity contribution in [2.24, 2.45) is 0 Å². The fourth-order valence-electron chi connectivity index (χ4n) is 2.46. The van der Waals surface area contributed by atoms with Crippen LogP contribution < -0.4 is 0 Å². The van der Waals surface area contributed by atoms with E-state index in [1.807, 2.05) is 12.1 Å². The summed E-state index contributed by atoms with van der Waals surface area (Å²) >= 11 is 0. The maximum Gasteiger partial charge on any atom is 0.123 e. The molecule has 2 nitrogen and oxygen atoms in total. The minimum Gasteiger partial charge on any atom is -0.393 e. The summed E-state index contributed by atoms with van der Waals surface area (Å²) < 4.78 is 13.4. The Labute approximate surface area is 105 Å². The fraction of sp³-hybridized carbons (Fsp3) is 0.267. The van der Waals surface area contributed by atoms with Gasteiger partial charge >= 0.3 is 0 Å². The molecular formula is C15H14FNO. The van der Waals surface area contributed by atoms with Gasteiger partial charge < -0.3 is 5.11 Å². The van der Waals surface area contributed by atoms with Crippen LogP contribution in [0.5, 0.6) is 0 Å². The molecule has 0 aliphatic heterocycles. The van der Waals surface area contributed by atoms with Gasteiger partial charge in [-0.1, -0.05) is 6.08 Å².